The third-order valence-corrected chi connectivity index (χ3v) is 6.85. The van der Waals surface area contributed by atoms with Crippen molar-refractivity contribution in [3.63, 3.8) is 0 Å². The van der Waals surface area contributed by atoms with Crippen LogP contribution in [0.4, 0.5) is 28.4 Å². The van der Waals surface area contributed by atoms with Crippen LogP contribution in [-0.4, -0.2) is 0 Å². The normalized spacial score (nSPS) is 10.5. The molecular weight excluding hydrogens is 486 g/mol. The molecule has 0 radical (unpaired) electrons. The van der Waals surface area contributed by atoms with E-state index >= 15 is 0 Å². The Kier molecular flexibility index (Phi) is 7.07. The van der Waals surface area contributed by atoms with Crippen LogP contribution in [0, 0.1) is 11.3 Å². The Bertz CT molecular complexity index is 1750. The summed E-state index contributed by atoms with van der Waals surface area (Å²) >= 11 is 0. The first-order valence-corrected chi connectivity index (χ1v) is 13.3. The van der Waals surface area contributed by atoms with Gasteiger partial charge in [0.15, 0.2) is 0 Å². The van der Waals surface area contributed by atoms with Gasteiger partial charge in [0, 0.05) is 28.4 Å². The molecule has 190 valence electrons. The number of nitrogens with one attached hydrogen (secondary N) is 1. The number of nitrogens with zero attached hydrogens (tertiary/aromatic N) is 2. The first kappa shape index (κ1) is 24.7. The number of para-hydroxylation sites is 1. The molecule has 0 saturated heterocycles. The number of hydrogen-bond donors (Lipinski definition) is 1. The molecule has 6 aromatic rings. The van der Waals surface area contributed by atoms with Gasteiger partial charge >= 0.3 is 0 Å². The maximum absolute atomic E-state index is 9.15. The van der Waals surface area contributed by atoms with Crippen LogP contribution < -0.4 is 10.2 Å². The fourth-order valence-electron chi connectivity index (χ4n) is 4.86. The lowest BCUT2D eigenvalue weighted by molar-refractivity contribution is 1.28. The third kappa shape index (κ3) is 5.48. The molecule has 3 nitrogen and oxygen atoms in total. The van der Waals surface area contributed by atoms with Crippen molar-refractivity contribution in [2.75, 3.05) is 10.2 Å². The molecule has 6 aromatic carbocycles. The van der Waals surface area contributed by atoms with Crippen LogP contribution in [0.1, 0.15) is 5.56 Å². The number of nitriles is 1. The number of anilines is 5. The quantitative estimate of drug-likeness (QED) is 0.231. The van der Waals surface area contributed by atoms with Gasteiger partial charge in [-0.25, -0.2) is 0 Å². The van der Waals surface area contributed by atoms with Gasteiger partial charge in [-0.05, 0) is 89.0 Å². The molecule has 0 saturated carbocycles. The van der Waals surface area contributed by atoms with E-state index in [9.17, 15) is 0 Å². The summed E-state index contributed by atoms with van der Waals surface area (Å²) < 4.78 is 0. The van der Waals surface area contributed by atoms with Crippen LogP contribution in [-0.2, 0) is 0 Å². The van der Waals surface area contributed by atoms with Crippen molar-refractivity contribution < 1.29 is 0 Å². The lowest BCUT2D eigenvalue weighted by Crippen LogP contribution is -2.09. The molecule has 0 atom stereocenters. The molecule has 0 aliphatic rings. The zero-order chi connectivity index (χ0) is 27.1. The van der Waals surface area contributed by atoms with Crippen LogP contribution in [0.5, 0.6) is 0 Å². The predicted molar refractivity (Wildman–Crippen MR) is 166 cm³/mol. The molecule has 3 heteroatoms. The summed E-state index contributed by atoms with van der Waals surface area (Å²) in [6, 6.07) is 56.4. The molecule has 0 spiro atoms. The molecular formula is C37H27N3. The zero-order valence-corrected chi connectivity index (χ0v) is 21.9. The number of rotatable bonds is 7. The molecule has 6 rings (SSSR count). The Labute approximate surface area is 235 Å². The summed E-state index contributed by atoms with van der Waals surface area (Å²) in [4.78, 5) is 2.29. The van der Waals surface area contributed by atoms with E-state index in [2.05, 4.69) is 138 Å². The Morgan fingerprint density at radius 1 is 0.425 bits per heavy atom. The van der Waals surface area contributed by atoms with Gasteiger partial charge in [-0.1, -0.05) is 91.0 Å². The van der Waals surface area contributed by atoms with Crippen molar-refractivity contribution in [3.8, 4) is 28.3 Å². The van der Waals surface area contributed by atoms with E-state index in [0.717, 1.165) is 39.6 Å². The molecule has 0 aliphatic heterocycles. The van der Waals surface area contributed by atoms with Gasteiger partial charge in [-0.3, -0.25) is 0 Å². The molecule has 0 amide bonds. The second-order valence-corrected chi connectivity index (χ2v) is 9.53. The maximum Gasteiger partial charge on any atom is 0.0992 e. The molecule has 0 heterocycles. The highest BCUT2D eigenvalue weighted by Gasteiger charge is 2.13. The van der Waals surface area contributed by atoms with Crippen molar-refractivity contribution in [2.45, 2.75) is 0 Å². The van der Waals surface area contributed by atoms with Gasteiger partial charge in [0.25, 0.3) is 0 Å². The molecule has 40 heavy (non-hydrogen) atoms. The molecule has 0 aromatic heterocycles. The molecule has 0 fully saturated rings. The van der Waals surface area contributed by atoms with Crippen molar-refractivity contribution in [2.24, 2.45) is 0 Å². The van der Waals surface area contributed by atoms with E-state index in [-0.39, 0.29) is 0 Å². The first-order chi connectivity index (χ1) is 19.8. The highest BCUT2D eigenvalue weighted by Crippen LogP contribution is 2.37. The predicted octanol–water partition coefficient (Wildman–Crippen LogP) is 10.1. The lowest BCUT2D eigenvalue weighted by atomic mass is 10.0. The fourth-order valence-corrected chi connectivity index (χ4v) is 4.86. The smallest absolute Gasteiger partial charge is 0.0992 e. The van der Waals surface area contributed by atoms with Gasteiger partial charge in [0.1, 0.15) is 0 Å². The largest absolute Gasteiger partial charge is 0.355 e. The second kappa shape index (κ2) is 11.4. The van der Waals surface area contributed by atoms with E-state index in [1.807, 2.05) is 30.3 Å². The van der Waals surface area contributed by atoms with Crippen LogP contribution in [0.15, 0.2) is 158 Å². The zero-order valence-electron chi connectivity index (χ0n) is 21.9. The van der Waals surface area contributed by atoms with E-state index < -0.39 is 0 Å². The van der Waals surface area contributed by atoms with Gasteiger partial charge in [0.2, 0.25) is 0 Å². The summed E-state index contributed by atoms with van der Waals surface area (Å²) in [6.07, 6.45) is 0. The summed E-state index contributed by atoms with van der Waals surface area (Å²) in [7, 11) is 0. The molecule has 0 unspecified atom stereocenters. The van der Waals surface area contributed by atoms with E-state index in [4.69, 9.17) is 5.26 Å². The van der Waals surface area contributed by atoms with Crippen molar-refractivity contribution in [1.29, 1.82) is 5.26 Å². The van der Waals surface area contributed by atoms with Gasteiger partial charge in [-0.2, -0.15) is 5.26 Å². The van der Waals surface area contributed by atoms with Gasteiger partial charge in [-0.15, -0.1) is 0 Å². The van der Waals surface area contributed by atoms with Gasteiger partial charge in [0.05, 0.1) is 11.6 Å². The summed E-state index contributed by atoms with van der Waals surface area (Å²) in [5.74, 6) is 0. The third-order valence-electron chi connectivity index (χ3n) is 6.85. The Hall–Kier alpha value is -5.59. The molecule has 0 bridgehead atoms. The monoisotopic (exact) mass is 513 g/mol. The average Bonchev–Trinajstić information content (AvgIpc) is 3.03. The Balaban J connectivity index is 1.28. The first-order valence-electron chi connectivity index (χ1n) is 13.3. The van der Waals surface area contributed by atoms with E-state index in [0.29, 0.717) is 5.56 Å². The Morgan fingerprint density at radius 2 is 0.975 bits per heavy atom. The van der Waals surface area contributed by atoms with E-state index in [1.165, 1.54) is 11.1 Å². The molecule has 1 N–H and O–H groups in total. The highest BCUT2D eigenvalue weighted by molar-refractivity contribution is 5.81. The highest BCUT2D eigenvalue weighted by atomic mass is 15.1. The second-order valence-electron chi connectivity index (χ2n) is 9.53. The van der Waals surface area contributed by atoms with Crippen LogP contribution in [0.2, 0.25) is 0 Å². The minimum absolute atomic E-state index is 0.637. The number of hydrogen-bond acceptors (Lipinski definition) is 3. The van der Waals surface area contributed by atoms with Crippen molar-refractivity contribution in [3.05, 3.63) is 163 Å². The van der Waals surface area contributed by atoms with E-state index in [1.54, 1.807) is 6.07 Å². The van der Waals surface area contributed by atoms with Gasteiger partial charge < -0.3 is 10.2 Å². The minimum Gasteiger partial charge on any atom is -0.355 e. The Morgan fingerprint density at radius 3 is 1.68 bits per heavy atom. The molecule has 0 aliphatic carbocycles. The average molecular weight is 514 g/mol. The number of benzene rings is 6. The lowest BCUT2D eigenvalue weighted by Gasteiger charge is -2.26. The standard InChI is InChI=1S/C37H27N3/c38-27-28-9-7-13-34(25-28)39-33-21-17-30(18-22-33)31-19-23-36(24-20-31)40(35-14-5-2-6-15-35)37-16-8-12-32(26-37)29-10-3-1-4-11-29/h1-26,39H. The summed E-state index contributed by atoms with van der Waals surface area (Å²) in [5.41, 5.74) is 10.5. The summed E-state index contributed by atoms with van der Waals surface area (Å²) in [6.45, 7) is 0. The van der Waals surface area contributed by atoms with Crippen molar-refractivity contribution in [1.82, 2.24) is 0 Å². The SMILES string of the molecule is N#Cc1cccc(Nc2ccc(-c3ccc(N(c4ccccc4)c4cccc(-c5ccccc5)c4)cc3)cc2)c1. The fraction of sp³-hybridized carbons (Fsp3) is 0. The van der Waals surface area contributed by atoms with Crippen LogP contribution in [0.25, 0.3) is 22.3 Å². The maximum atomic E-state index is 9.15. The van der Waals surface area contributed by atoms with Crippen LogP contribution >= 0.6 is 0 Å². The summed E-state index contributed by atoms with van der Waals surface area (Å²) in [5, 5.41) is 12.5. The van der Waals surface area contributed by atoms with Crippen molar-refractivity contribution >= 4 is 28.4 Å². The van der Waals surface area contributed by atoms with Crippen LogP contribution in [0.3, 0.4) is 0 Å². The topological polar surface area (TPSA) is 39.1 Å². The minimum atomic E-state index is 0.637.